The molecule has 18 heavy (non-hydrogen) atoms. The highest BCUT2D eigenvalue weighted by Gasteiger charge is 2.22. The maximum Gasteiger partial charge on any atom is 0.311 e. The second-order valence-electron chi connectivity index (χ2n) is 3.98. The first-order valence-electron chi connectivity index (χ1n) is 5.54. The number of carboxylic acids is 1. The maximum atomic E-state index is 11.4. The predicted molar refractivity (Wildman–Crippen MR) is 72.5 cm³/mol. The molecule has 2 rings (SSSR count). The average Bonchev–Trinajstić information content (AvgIpc) is 2.38. The van der Waals surface area contributed by atoms with Crippen LogP contribution in [0.4, 0.5) is 0 Å². The average molecular weight is 306 g/mol. The summed E-state index contributed by atoms with van der Waals surface area (Å²) in [6.45, 7) is 0. The SMILES string of the molecule is O=C(O)C(Cc1ccccc1)c1ccncc1Br. The number of rotatable bonds is 4. The van der Waals surface area contributed by atoms with E-state index in [0.29, 0.717) is 6.42 Å². The highest BCUT2D eigenvalue weighted by Crippen LogP contribution is 2.27. The van der Waals surface area contributed by atoms with Crippen molar-refractivity contribution in [2.24, 2.45) is 0 Å². The van der Waals surface area contributed by atoms with E-state index >= 15 is 0 Å². The molecule has 0 saturated carbocycles. The summed E-state index contributed by atoms with van der Waals surface area (Å²) in [5.41, 5.74) is 1.76. The molecular weight excluding hydrogens is 294 g/mol. The lowest BCUT2D eigenvalue weighted by atomic mass is 9.93. The largest absolute Gasteiger partial charge is 0.481 e. The van der Waals surface area contributed by atoms with Gasteiger partial charge in [-0.1, -0.05) is 30.3 Å². The van der Waals surface area contributed by atoms with Crippen LogP contribution in [0.3, 0.4) is 0 Å². The minimum Gasteiger partial charge on any atom is -0.481 e. The summed E-state index contributed by atoms with van der Waals surface area (Å²) in [6, 6.07) is 11.4. The van der Waals surface area contributed by atoms with Gasteiger partial charge >= 0.3 is 5.97 Å². The number of pyridine rings is 1. The third-order valence-corrected chi connectivity index (χ3v) is 3.42. The van der Waals surface area contributed by atoms with Crippen LogP contribution < -0.4 is 0 Å². The number of carbonyl (C=O) groups is 1. The lowest BCUT2D eigenvalue weighted by Gasteiger charge is -2.14. The van der Waals surface area contributed by atoms with E-state index in [1.807, 2.05) is 30.3 Å². The third-order valence-electron chi connectivity index (χ3n) is 2.76. The van der Waals surface area contributed by atoms with Crippen molar-refractivity contribution in [1.82, 2.24) is 4.98 Å². The van der Waals surface area contributed by atoms with Crippen LogP contribution in [0.25, 0.3) is 0 Å². The van der Waals surface area contributed by atoms with Crippen molar-refractivity contribution in [1.29, 1.82) is 0 Å². The van der Waals surface area contributed by atoms with E-state index in [0.717, 1.165) is 15.6 Å². The Morgan fingerprint density at radius 2 is 2.00 bits per heavy atom. The molecule has 92 valence electrons. The molecule has 0 bridgehead atoms. The number of aromatic nitrogens is 1. The van der Waals surface area contributed by atoms with Crippen molar-refractivity contribution >= 4 is 21.9 Å². The number of aliphatic carboxylic acids is 1. The molecule has 0 aliphatic carbocycles. The monoisotopic (exact) mass is 305 g/mol. The number of carboxylic acid groups (broad SMARTS) is 1. The Balaban J connectivity index is 2.30. The van der Waals surface area contributed by atoms with Gasteiger partial charge in [-0.2, -0.15) is 0 Å². The van der Waals surface area contributed by atoms with Crippen LogP contribution in [0.1, 0.15) is 17.0 Å². The van der Waals surface area contributed by atoms with Gasteiger partial charge in [0.15, 0.2) is 0 Å². The highest BCUT2D eigenvalue weighted by molar-refractivity contribution is 9.10. The van der Waals surface area contributed by atoms with Gasteiger partial charge in [0, 0.05) is 16.9 Å². The zero-order valence-electron chi connectivity index (χ0n) is 9.58. The van der Waals surface area contributed by atoms with Crippen molar-refractivity contribution in [2.45, 2.75) is 12.3 Å². The first kappa shape index (κ1) is 12.8. The summed E-state index contributed by atoms with van der Waals surface area (Å²) in [5, 5.41) is 9.37. The smallest absolute Gasteiger partial charge is 0.311 e. The second kappa shape index (κ2) is 5.78. The molecule has 0 amide bonds. The summed E-state index contributed by atoms with van der Waals surface area (Å²) >= 11 is 3.35. The van der Waals surface area contributed by atoms with Gasteiger partial charge in [0.25, 0.3) is 0 Å². The summed E-state index contributed by atoms with van der Waals surface area (Å²) in [7, 11) is 0. The normalized spacial score (nSPS) is 12.1. The minimum absolute atomic E-state index is 0.471. The van der Waals surface area contributed by atoms with E-state index in [1.165, 1.54) is 0 Å². The van der Waals surface area contributed by atoms with Crippen molar-refractivity contribution < 1.29 is 9.90 Å². The van der Waals surface area contributed by atoms with Crippen LogP contribution >= 0.6 is 15.9 Å². The van der Waals surface area contributed by atoms with Gasteiger partial charge in [-0.3, -0.25) is 9.78 Å². The van der Waals surface area contributed by atoms with Gasteiger partial charge in [-0.05, 0) is 39.5 Å². The van der Waals surface area contributed by atoms with E-state index < -0.39 is 11.9 Å². The van der Waals surface area contributed by atoms with Crippen molar-refractivity contribution in [2.75, 3.05) is 0 Å². The molecule has 0 fully saturated rings. The van der Waals surface area contributed by atoms with Crippen LogP contribution in [-0.2, 0) is 11.2 Å². The van der Waals surface area contributed by atoms with Crippen molar-refractivity contribution in [3.05, 3.63) is 64.4 Å². The highest BCUT2D eigenvalue weighted by atomic mass is 79.9. The molecule has 0 saturated heterocycles. The third kappa shape index (κ3) is 2.96. The number of hydrogen-bond donors (Lipinski definition) is 1. The fourth-order valence-electron chi connectivity index (χ4n) is 1.85. The molecule has 3 nitrogen and oxygen atoms in total. The Labute approximate surface area is 114 Å². The maximum absolute atomic E-state index is 11.4. The number of hydrogen-bond acceptors (Lipinski definition) is 2. The molecule has 1 N–H and O–H groups in total. The fraction of sp³-hybridized carbons (Fsp3) is 0.143. The van der Waals surface area contributed by atoms with E-state index in [-0.39, 0.29) is 0 Å². The first-order chi connectivity index (χ1) is 8.68. The Kier molecular flexibility index (Phi) is 4.10. The standard InChI is InChI=1S/C14H12BrNO2/c15-13-9-16-7-6-11(13)12(14(17)18)8-10-4-2-1-3-5-10/h1-7,9,12H,8H2,(H,17,18). The molecule has 2 aromatic rings. The number of nitrogens with zero attached hydrogens (tertiary/aromatic N) is 1. The molecule has 0 aliphatic heterocycles. The van der Waals surface area contributed by atoms with Crippen LogP contribution in [-0.4, -0.2) is 16.1 Å². The molecule has 0 spiro atoms. The second-order valence-corrected chi connectivity index (χ2v) is 4.83. The van der Waals surface area contributed by atoms with Gasteiger partial charge in [0.05, 0.1) is 5.92 Å². The Morgan fingerprint density at radius 1 is 1.28 bits per heavy atom. The lowest BCUT2D eigenvalue weighted by Crippen LogP contribution is -2.15. The summed E-state index contributed by atoms with van der Waals surface area (Å²) in [5.74, 6) is -1.39. The summed E-state index contributed by atoms with van der Waals surface area (Å²) in [4.78, 5) is 15.4. The Hall–Kier alpha value is -1.68. The number of benzene rings is 1. The fourth-order valence-corrected chi connectivity index (χ4v) is 2.38. The minimum atomic E-state index is -0.828. The zero-order chi connectivity index (χ0) is 13.0. The topological polar surface area (TPSA) is 50.2 Å². The molecule has 1 unspecified atom stereocenters. The summed E-state index contributed by atoms with van der Waals surface area (Å²) < 4.78 is 0.730. The Morgan fingerprint density at radius 3 is 2.61 bits per heavy atom. The van der Waals surface area contributed by atoms with Crippen LogP contribution in [0, 0.1) is 0 Å². The first-order valence-corrected chi connectivity index (χ1v) is 6.34. The van der Waals surface area contributed by atoms with Gasteiger partial charge in [-0.15, -0.1) is 0 Å². The molecule has 0 aliphatic rings. The predicted octanol–water partition coefficient (Wildman–Crippen LogP) is 3.26. The quantitative estimate of drug-likeness (QED) is 0.943. The number of halogens is 1. The van der Waals surface area contributed by atoms with Crippen molar-refractivity contribution in [3.8, 4) is 0 Å². The molecule has 1 aromatic carbocycles. The van der Waals surface area contributed by atoms with E-state index in [2.05, 4.69) is 20.9 Å². The molecule has 4 heteroatoms. The van der Waals surface area contributed by atoms with E-state index in [9.17, 15) is 9.90 Å². The molecular formula is C14H12BrNO2. The molecule has 1 atom stereocenters. The van der Waals surface area contributed by atoms with Crippen LogP contribution in [0.15, 0.2) is 53.3 Å². The van der Waals surface area contributed by atoms with E-state index in [1.54, 1.807) is 18.5 Å². The molecule has 1 aromatic heterocycles. The van der Waals surface area contributed by atoms with Gasteiger partial charge in [0.1, 0.15) is 0 Å². The molecule has 0 radical (unpaired) electrons. The van der Waals surface area contributed by atoms with Gasteiger partial charge < -0.3 is 5.11 Å². The van der Waals surface area contributed by atoms with E-state index in [4.69, 9.17) is 0 Å². The van der Waals surface area contributed by atoms with Crippen LogP contribution in [0.2, 0.25) is 0 Å². The summed E-state index contributed by atoms with van der Waals surface area (Å²) in [6.07, 6.45) is 3.70. The van der Waals surface area contributed by atoms with Crippen molar-refractivity contribution in [3.63, 3.8) is 0 Å². The molecule has 1 heterocycles. The van der Waals surface area contributed by atoms with Crippen LogP contribution in [0.5, 0.6) is 0 Å². The van der Waals surface area contributed by atoms with Gasteiger partial charge in [0.2, 0.25) is 0 Å². The Bertz CT molecular complexity index is 543. The van der Waals surface area contributed by atoms with Gasteiger partial charge in [-0.25, -0.2) is 0 Å². The zero-order valence-corrected chi connectivity index (χ0v) is 11.2. The lowest BCUT2D eigenvalue weighted by molar-refractivity contribution is -0.138.